The molecule has 0 aromatic carbocycles. The van der Waals surface area contributed by atoms with Gasteiger partial charge in [-0.25, -0.2) is 0 Å². The zero-order valence-electron chi connectivity index (χ0n) is 9.42. The van der Waals surface area contributed by atoms with Crippen molar-refractivity contribution in [3.8, 4) is 0 Å². The van der Waals surface area contributed by atoms with Gasteiger partial charge in [-0.05, 0) is 18.0 Å². The third-order valence-corrected chi connectivity index (χ3v) is 1.06. The van der Waals surface area contributed by atoms with Crippen molar-refractivity contribution in [2.75, 3.05) is 6.54 Å². The smallest absolute Gasteiger partial charge is 0.218 e. The van der Waals surface area contributed by atoms with Crippen LogP contribution < -0.4 is 16.8 Å². The van der Waals surface area contributed by atoms with Gasteiger partial charge in [-0.3, -0.25) is 20.5 Å². The maximum Gasteiger partial charge on any atom is 0.218 e. The third kappa shape index (κ3) is 29.3. The Bertz CT molecular complexity index is 228. The molecule has 0 saturated carbocycles. The van der Waals surface area contributed by atoms with Crippen LogP contribution in [0.15, 0.2) is 4.99 Å². The molecule has 0 spiro atoms. The van der Waals surface area contributed by atoms with Crippen LogP contribution in [-0.4, -0.2) is 23.7 Å². The summed E-state index contributed by atoms with van der Waals surface area (Å²) in [5.41, 5.74) is 10.3. The number of hydrogen-bond donors (Lipinski definition) is 4. The molecule has 0 heterocycles. The lowest BCUT2D eigenvalue weighted by atomic mass is 10.3. The fraction of sp³-hybridized carbons (Fsp3) is 0.625. The van der Waals surface area contributed by atoms with Crippen LogP contribution in [0.4, 0.5) is 0 Å². The number of halogens is 2. The molecule has 0 rings (SSSR count). The maximum absolute atomic E-state index is 9.21. The number of carbonyl (C=O) groups is 1. The first-order valence-electron chi connectivity index (χ1n) is 4.47. The van der Waals surface area contributed by atoms with Gasteiger partial charge in [-0.1, -0.05) is 13.3 Å². The minimum Gasteiger partial charge on any atom is -0.370 e. The van der Waals surface area contributed by atoms with Gasteiger partial charge in [0.15, 0.2) is 11.9 Å². The van der Waals surface area contributed by atoms with Crippen molar-refractivity contribution in [2.24, 2.45) is 16.5 Å². The minimum absolute atomic E-state index is 0. The maximum atomic E-state index is 9.21. The standard InChI is InChI=1S/C6H15N5.C2H3ClO.ClH/c1-2-3-4-10-6(9)11-5(7)8;1-2(3)4;/h2-4H2,1H3,(H6,7,8,9,10,11);1H3;1H. The highest BCUT2D eigenvalue weighted by Gasteiger charge is 1.90. The third-order valence-electron chi connectivity index (χ3n) is 1.06. The second-order valence-corrected chi connectivity index (χ2v) is 3.16. The second-order valence-electron chi connectivity index (χ2n) is 2.63. The Morgan fingerprint density at radius 1 is 1.50 bits per heavy atom. The van der Waals surface area contributed by atoms with Gasteiger partial charge >= 0.3 is 0 Å². The summed E-state index contributed by atoms with van der Waals surface area (Å²) in [6.45, 7) is 4.05. The number of nitrogens with zero attached hydrogens (tertiary/aromatic N) is 1. The van der Waals surface area contributed by atoms with Crippen LogP contribution in [0.2, 0.25) is 0 Å². The number of nitrogens with two attached hydrogens (primary N) is 2. The fourth-order valence-electron chi connectivity index (χ4n) is 0.535. The highest BCUT2D eigenvalue weighted by atomic mass is 35.5. The highest BCUT2D eigenvalue weighted by molar-refractivity contribution is 6.62. The fourth-order valence-corrected chi connectivity index (χ4v) is 0.535. The molecular formula is C8H19Cl2N5O. The van der Waals surface area contributed by atoms with Gasteiger partial charge in [-0.15, -0.1) is 12.4 Å². The van der Waals surface area contributed by atoms with E-state index in [2.05, 4.69) is 28.8 Å². The molecule has 0 bridgehead atoms. The Kier molecular flexibility index (Phi) is 17.8. The predicted octanol–water partition coefficient (Wildman–Crippen LogP) is 0.778. The number of nitrogens with one attached hydrogen (secondary N) is 2. The van der Waals surface area contributed by atoms with E-state index < -0.39 is 0 Å². The number of unbranched alkanes of at least 4 members (excludes halogenated alkanes) is 1. The molecular weight excluding hydrogens is 253 g/mol. The first kappa shape index (κ1) is 20.4. The van der Waals surface area contributed by atoms with E-state index in [1.807, 2.05) is 0 Å². The van der Waals surface area contributed by atoms with Crippen LogP contribution in [0.1, 0.15) is 26.7 Å². The summed E-state index contributed by atoms with van der Waals surface area (Å²) in [4.78, 5) is 13.1. The molecule has 96 valence electrons. The summed E-state index contributed by atoms with van der Waals surface area (Å²) in [5.74, 6) is 0.0358. The van der Waals surface area contributed by atoms with E-state index in [4.69, 9.17) is 16.9 Å². The summed E-state index contributed by atoms with van der Waals surface area (Å²) >= 11 is 4.64. The summed E-state index contributed by atoms with van der Waals surface area (Å²) < 4.78 is 0. The molecule has 8 heteroatoms. The lowest BCUT2D eigenvalue weighted by Gasteiger charge is -2.00. The lowest BCUT2D eigenvalue weighted by Crippen LogP contribution is -2.40. The van der Waals surface area contributed by atoms with Crippen molar-refractivity contribution in [1.82, 2.24) is 5.32 Å². The van der Waals surface area contributed by atoms with Crippen LogP contribution >= 0.6 is 24.0 Å². The van der Waals surface area contributed by atoms with E-state index in [1.165, 1.54) is 6.92 Å². The van der Waals surface area contributed by atoms with Crippen molar-refractivity contribution in [3.05, 3.63) is 0 Å². The molecule has 0 fully saturated rings. The molecule has 0 aliphatic rings. The topological polar surface area (TPSA) is 117 Å². The van der Waals surface area contributed by atoms with E-state index in [1.54, 1.807) is 0 Å². The zero-order chi connectivity index (χ0) is 12.3. The number of guanidine groups is 2. The van der Waals surface area contributed by atoms with Gasteiger partial charge < -0.3 is 11.5 Å². The Hall–Kier alpha value is -1.01. The summed E-state index contributed by atoms with van der Waals surface area (Å²) in [5, 5.41) is 8.84. The second kappa shape index (κ2) is 14.0. The summed E-state index contributed by atoms with van der Waals surface area (Å²) in [7, 11) is 0. The molecule has 0 aromatic rings. The van der Waals surface area contributed by atoms with E-state index in [9.17, 15) is 4.79 Å². The average molecular weight is 272 g/mol. The summed E-state index contributed by atoms with van der Waals surface area (Å²) in [6.07, 6.45) is 2.08. The van der Waals surface area contributed by atoms with Gasteiger partial charge in [0.2, 0.25) is 5.24 Å². The van der Waals surface area contributed by atoms with Crippen molar-refractivity contribution < 1.29 is 4.79 Å². The molecule has 6 N–H and O–H groups in total. The van der Waals surface area contributed by atoms with Gasteiger partial charge in [0.05, 0.1) is 0 Å². The van der Waals surface area contributed by atoms with Crippen LogP contribution in [0.25, 0.3) is 0 Å². The molecule has 0 aliphatic carbocycles. The minimum atomic E-state index is -0.361. The molecule has 0 saturated heterocycles. The monoisotopic (exact) mass is 271 g/mol. The van der Waals surface area contributed by atoms with Gasteiger partial charge in [0.25, 0.3) is 0 Å². The van der Waals surface area contributed by atoms with E-state index in [0.29, 0.717) is 6.54 Å². The molecule has 6 nitrogen and oxygen atoms in total. The van der Waals surface area contributed by atoms with Crippen molar-refractivity contribution in [2.45, 2.75) is 26.7 Å². The highest BCUT2D eigenvalue weighted by Crippen LogP contribution is 1.85. The molecule has 0 amide bonds. The number of rotatable bonds is 3. The molecule has 16 heavy (non-hydrogen) atoms. The van der Waals surface area contributed by atoms with Crippen LogP contribution in [0, 0.1) is 5.41 Å². The SMILES string of the molecule is CC(=O)Cl.CCCCN=C(N)NC(=N)N.Cl. The Morgan fingerprint density at radius 3 is 2.25 bits per heavy atom. The van der Waals surface area contributed by atoms with E-state index in [0.717, 1.165) is 12.8 Å². The van der Waals surface area contributed by atoms with Crippen LogP contribution in [-0.2, 0) is 4.79 Å². The number of carbonyl (C=O) groups excluding carboxylic acids is 1. The molecule has 0 aliphatic heterocycles. The molecule has 0 radical (unpaired) electrons. The van der Waals surface area contributed by atoms with E-state index in [-0.39, 0.29) is 29.6 Å². The first-order chi connectivity index (χ1) is 6.90. The van der Waals surface area contributed by atoms with Crippen molar-refractivity contribution in [1.29, 1.82) is 5.41 Å². The lowest BCUT2D eigenvalue weighted by molar-refractivity contribution is -0.109. The normalized spacial score (nSPS) is 9.31. The quantitative estimate of drug-likeness (QED) is 0.263. The Morgan fingerprint density at radius 2 is 1.94 bits per heavy atom. The van der Waals surface area contributed by atoms with Crippen molar-refractivity contribution in [3.63, 3.8) is 0 Å². The van der Waals surface area contributed by atoms with Gasteiger partial charge in [0, 0.05) is 13.5 Å². The first-order valence-corrected chi connectivity index (χ1v) is 4.85. The predicted molar refractivity (Wildman–Crippen MR) is 70.2 cm³/mol. The van der Waals surface area contributed by atoms with Crippen molar-refractivity contribution >= 4 is 41.2 Å². The summed E-state index contributed by atoms with van der Waals surface area (Å²) in [6, 6.07) is 0. The average Bonchev–Trinajstić information content (AvgIpc) is 2.02. The van der Waals surface area contributed by atoms with Gasteiger partial charge in [-0.2, -0.15) is 0 Å². The van der Waals surface area contributed by atoms with Crippen LogP contribution in [0.5, 0.6) is 0 Å². The molecule has 0 aromatic heterocycles. The molecule has 0 unspecified atom stereocenters. The Labute approximate surface area is 107 Å². The van der Waals surface area contributed by atoms with Gasteiger partial charge in [0.1, 0.15) is 0 Å². The largest absolute Gasteiger partial charge is 0.370 e. The van der Waals surface area contributed by atoms with E-state index >= 15 is 0 Å². The Balaban J connectivity index is -0.000000292. The van der Waals surface area contributed by atoms with Crippen LogP contribution in [0.3, 0.4) is 0 Å². The zero-order valence-corrected chi connectivity index (χ0v) is 11.0. The number of aliphatic imine (C=N–C) groups is 1. The molecule has 0 atom stereocenters. The number of hydrogen-bond acceptors (Lipinski definition) is 3.